The first-order valence-corrected chi connectivity index (χ1v) is 6.31. The Morgan fingerprint density at radius 2 is 2.00 bits per heavy atom. The molecule has 0 saturated carbocycles. The highest BCUT2D eigenvalue weighted by Crippen LogP contribution is 2.20. The van der Waals surface area contributed by atoms with Crippen molar-refractivity contribution in [2.45, 2.75) is 0 Å². The average molecular weight is 307 g/mol. The van der Waals surface area contributed by atoms with E-state index in [4.69, 9.17) is 21.4 Å². The van der Waals surface area contributed by atoms with Gasteiger partial charge in [0.25, 0.3) is 5.91 Å². The number of carboxylic acid groups (broad SMARTS) is 1. The third-order valence-electron chi connectivity index (χ3n) is 2.48. The van der Waals surface area contributed by atoms with E-state index in [1.54, 1.807) is 24.3 Å². The van der Waals surface area contributed by atoms with Crippen molar-refractivity contribution in [1.29, 1.82) is 0 Å². The van der Waals surface area contributed by atoms with Gasteiger partial charge in [0.1, 0.15) is 0 Å². The molecular weight excluding hydrogens is 296 g/mol. The number of anilines is 1. The zero-order valence-electron chi connectivity index (χ0n) is 10.7. The number of carbonyl (C=O) groups excluding carboxylic acids is 1. The highest BCUT2D eigenvalue weighted by atomic mass is 35.5. The maximum Gasteiger partial charge on any atom is 0.358 e. The van der Waals surface area contributed by atoms with Crippen LogP contribution in [0.25, 0.3) is 0 Å². The Morgan fingerprint density at radius 1 is 1.24 bits per heavy atom. The van der Waals surface area contributed by atoms with Crippen LogP contribution in [-0.4, -0.2) is 28.6 Å². The number of pyridine rings is 1. The number of hydrogen-bond donors (Lipinski definition) is 2. The van der Waals surface area contributed by atoms with Crippen molar-refractivity contribution >= 4 is 29.2 Å². The van der Waals surface area contributed by atoms with Crippen LogP contribution in [0.4, 0.5) is 5.69 Å². The average Bonchev–Trinajstić information content (AvgIpc) is 2.48. The minimum Gasteiger partial charge on any atom is -0.481 e. The topological polar surface area (TPSA) is 88.5 Å². The Kier molecular flexibility index (Phi) is 4.73. The molecule has 2 rings (SSSR count). The molecule has 6 nitrogen and oxygen atoms in total. The lowest BCUT2D eigenvalue weighted by Crippen LogP contribution is -2.21. The number of benzene rings is 1. The predicted octanol–water partition coefficient (Wildman–Crippen LogP) is 2.45. The van der Waals surface area contributed by atoms with Gasteiger partial charge in [0.15, 0.2) is 18.1 Å². The van der Waals surface area contributed by atoms with Gasteiger partial charge in [0, 0.05) is 6.20 Å². The molecule has 0 aliphatic carbocycles. The number of aromatic carboxylic acids is 1. The largest absolute Gasteiger partial charge is 0.481 e. The van der Waals surface area contributed by atoms with Crippen LogP contribution in [0.15, 0.2) is 42.6 Å². The highest BCUT2D eigenvalue weighted by molar-refractivity contribution is 6.33. The summed E-state index contributed by atoms with van der Waals surface area (Å²) in [4.78, 5) is 26.4. The summed E-state index contributed by atoms with van der Waals surface area (Å²) in [7, 11) is 0. The van der Waals surface area contributed by atoms with Crippen molar-refractivity contribution in [3.8, 4) is 5.75 Å². The molecule has 2 aromatic rings. The quantitative estimate of drug-likeness (QED) is 0.885. The van der Waals surface area contributed by atoms with Crippen LogP contribution in [0.5, 0.6) is 5.75 Å². The van der Waals surface area contributed by atoms with Gasteiger partial charge in [-0.3, -0.25) is 4.79 Å². The number of ether oxygens (including phenoxy) is 1. The second kappa shape index (κ2) is 6.71. The van der Waals surface area contributed by atoms with Gasteiger partial charge in [-0.05, 0) is 24.3 Å². The van der Waals surface area contributed by atoms with Gasteiger partial charge < -0.3 is 15.2 Å². The Bertz CT molecular complexity index is 676. The van der Waals surface area contributed by atoms with Crippen LogP contribution in [0, 0.1) is 0 Å². The molecule has 1 amide bonds. The van der Waals surface area contributed by atoms with E-state index in [1.807, 2.05) is 0 Å². The van der Waals surface area contributed by atoms with Crippen molar-refractivity contribution in [3.63, 3.8) is 0 Å². The maximum atomic E-state index is 11.8. The summed E-state index contributed by atoms with van der Waals surface area (Å²) in [5.41, 5.74) is 0.209. The Morgan fingerprint density at radius 3 is 2.71 bits per heavy atom. The highest BCUT2D eigenvalue weighted by Gasteiger charge is 2.14. The number of nitrogens with one attached hydrogen (secondary N) is 1. The smallest absolute Gasteiger partial charge is 0.358 e. The van der Waals surface area contributed by atoms with Crippen LogP contribution in [-0.2, 0) is 4.79 Å². The Labute approximate surface area is 125 Å². The second-order valence-electron chi connectivity index (χ2n) is 3.97. The van der Waals surface area contributed by atoms with E-state index in [0.717, 1.165) is 0 Å². The first-order valence-electron chi connectivity index (χ1n) is 5.93. The molecule has 1 heterocycles. The number of carboxylic acids is 1. The number of rotatable bonds is 5. The van der Waals surface area contributed by atoms with E-state index in [-0.39, 0.29) is 18.1 Å². The lowest BCUT2D eigenvalue weighted by molar-refractivity contribution is -0.118. The van der Waals surface area contributed by atoms with Crippen LogP contribution < -0.4 is 10.1 Å². The van der Waals surface area contributed by atoms with Crippen molar-refractivity contribution in [2.75, 3.05) is 11.9 Å². The zero-order valence-corrected chi connectivity index (χ0v) is 11.5. The Balaban J connectivity index is 1.99. The fourth-order valence-corrected chi connectivity index (χ4v) is 1.74. The van der Waals surface area contributed by atoms with Gasteiger partial charge in [0.2, 0.25) is 0 Å². The zero-order chi connectivity index (χ0) is 15.2. The maximum absolute atomic E-state index is 11.8. The number of nitrogens with zero attached hydrogens (tertiary/aromatic N) is 1. The molecule has 0 spiro atoms. The molecule has 21 heavy (non-hydrogen) atoms. The van der Waals surface area contributed by atoms with Crippen LogP contribution in [0.1, 0.15) is 10.5 Å². The van der Waals surface area contributed by atoms with Crippen LogP contribution in [0.3, 0.4) is 0 Å². The van der Waals surface area contributed by atoms with E-state index < -0.39 is 11.9 Å². The van der Waals surface area contributed by atoms with E-state index in [2.05, 4.69) is 10.3 Å². The minimum atomic E-state index is -1.22. The number of carbonyl (C=O) groups is 2. The number of hydrogen-bond acceptors (Lipinski definition) is 4. The lowest BCUT2D eigenvalue weighted by atomic mass is 10.3. The standard InChI is InChI=1S/C14H11ClN2O4/c15-9-4-1-2-5-10(9)17-12(18)8-21-11-6-3-7-16-13(11)14(19)20/h1-7H,8H2,(H,17,18)(H,19,20). The molecule has 0 aliphatic heterocycles. The lowest BCUT2D eigenvalue weighted by Gasteiger charge is -2.09. The predicted molar refractivity (Wildman–Crippen MR) is 76.8 cm³/mol. The van der Waals surface area contributed by atoms with Gasteiger partial charge in [-0.15, -0.1) is 0 Å². The molecule has 108 valence electrons. The molecule has 0 atom stereocenters. The molecule has 1 aromatic carbocycles. The van der Waals surface area contributed by atoms with Gasteiger partial charge in [-0.25, -0.2) is 9.78 Å². The SMILES string of the molecule is O=C(COc1cccnc1C(=O)O)Nc1ccccc1Cl. The molecule has 0 fully saturated rings. The second-order valence-corrected chi connectivity index (χ2v) is 4.38. The van der Waals surface area contributed by atoms with E-state index in [9.17, 15) is 9.59 Å². The fourth-order valence-electron chi connectivity index (χ4n) is 1.56. The van der Waals surface area contributed by atoms with Crippen molar-refractivity contribution < 1.29 is 19.4 Å². The summed E-state index contributed by atoms with van der Waals surface area (Å²) in [6.07, 6.45) is 1.33. The molecule has 0 aliphatic rings. The summed E-state index contributed by atoms with van der Waals surface area (Å²) in [5.74, 6) is -1.65. The summed E-state index contributed by atoms with van der Waals surface area (Å²) < 4.78 is 5.17. The van der Waals surface area contributed by atoms with Gasteiger partial charge >= 0.3 is 5.97 Å². The summed E-state index contributed by atoms with van der Waals surface area (Å²) in [5, 5.41) is 11.9. The van der Waals surface area contributed by atoms with Gasteiger partial charge in [-0.2, -0.15) is 0 Å². The first kappa shape index (κ1) is 14.8. The third kappa shape index (κ3) is 3.93. The van der Waals surface area contributed by atoms with Crippen LogP contribution >= 0.6 is 11.6 Å². The van der Waals surface area contributed by atoms with E-state index in [1.165, 1.54) is 18.3 Å². The number of para-hydroxylation sites is 1. The fraction of sp³-hybridized carbons (Fsp3) is 0.0714. The molecule has 0 saturated heterocycles. The van der Waals surface area contributed by atoms with Crippen LogP contribution in [0.2, 0.25) is 5.02 Å². The number of halogens is 1. The van der Waals surface area contributed by atoms with Crippen molar-refractivity contribution in [1.82, 2.24) is 4.98 Å². The van der Waals surface area contributed by atoms with E-state index in [0.29, 0.717) is 10.7 Å². The third-order valence-corrected chi connectivity index (χ3v) is 2.81. The summed E-state index contributed by atoms with van der Waals surface area (Å²) in [6, 6.07) is 9.71. The minimum absolute atomic E-state index is 0.0271. The Hall–Kier alpha value is -2.60. The summed E-state index contributed by atoms with van der Waals surface area (Å²) >= 11 is 5.91. The normalized spacial score (nSPS) is 9.95. The van der Waals surface area contributed by atoms with E-state index >= 15 is 0 Å². The number of amides is 1. The molecule has 0 bridgehead atoms. The monoisotopic (exact) mass is 306 g/mol. The van der Waals surface area contributed by atoms with Crippen molar-refractivity contribution in [3.05, 3.63) is 53.3 Å². The first-order chi connectivity index (χ1) is 10.1. The molecular formula is C14H11ClN2O4. The van der Waals surface area contributed by atoms with Gasteiger partial charge in [0.05, 0.1) is 10.7 Å². The molecule has 0 unspecified atom stereocenters. The van der Waals surface area contributed by atoms with Crippen molar-refractivity contribution in [2.24, 2.45) is 0 Å². The van der Waals surface area contributed by atoms with Gasteiger partial charge in [-0.1, -0.05) is 23.7 Å². The number of aromatic nitrogens is 1. The molecule has 2 N–H and O–H groups in total. The molecule has 1 aromatic heterocycles. The molecule has 0 radical (unpaired) electrons. The molecule has 7 heteroatoms. The summed E-state index contributed by atoms with van der Waals surface area (Å²) in [6.45, 7) is -0.350.